The Balaban J connectivity index is 1.64. The highest BCUT2D eigenvalue weighted by molar-refractivity contribution is 8.16. The number of amidine groups is 1. The third-order valence-corrected chi connectivity index (χ3v) is 5.37. The summed E-state index contributed by atoms with van der Waals surface area (Å²) in [5.41, 5.74) is 1.38. The van der Waals surface area contributed by atoms with Gasteiger partial charge in [-0.25, -0.2) is 4.98 Å². The second-order valence-corrected chi connectivity index (χ2v) is 6.44. The summed E-state index contributed by atoms with van der Waals surface area (Å²) in [6, 6.07) is 0. The van der Waals surface area contributed by atoms with E-state index in [1.165, 1.54) is 17.3 Å². The van der Waals surface area contributed by atoms with E-state index in [2.05, 4.69) is 20.3 Å². The number of thioether (sulfide) groups is 2. The average Bonchev–Trinajstić information content (AvgIpc) is 2.96. The van der Waals surface area contributed by atoms with Crippen molar-refractivity contribution in [3.8, 4) is 0 Å². The van der Waals surface area contributed by atoms with Gasteiger partial charge in [-0.05, 0) is 11.8 Å². The summed E-state index contributed by atoms with van der Waals surface area (Å²) in [5, 5.41) is 5.43. The van der Waals surface area contributed by atoms with Crippen LogP contribution in [0.3, 0.4) is 0 Å². The molecular formula is C10H11N3S3. The molecule has 3 heterocycles. The molecule has 6 heteroatoms. The molecule has 0 saturated carbocycles. The van der Waals surface area contributed by atoms with Gasteiger partial charge in [-0.1, -0.05) is 23.5 Å². The molecule has 0 saturated heterocycles. The molecule has 0 amide bonds. The monoisotopic (exact) mass is 269 g/mol. The summed E-state index contributed by atoms with van der Waals surface area (Å²) in [4.78, 5) is 11.1. The zero-order valence-corrected chi connectivity index (χ0v) is 11.1. The van der Waals surface area contributed by atoms with E-state index in [0.717, 1.165) is 23.2 Å². The van der Waals surface area contributed by atoms with Crippen LogP contribution < -0.4 is 0 Å². The van der Waals surface area contributed by atoms with Crippen LogP contribution >= 0.6 is 34.9 Å². The van der Waals surface area contributed by atoms with Gasteiger partial charge in [0.2, 0.25) is 0 Å². The van der Waals surface area contributed by atoms with Gasteiger partial charge in [-0.3, -0.25) is 4.99 Å². The molecule has 0 fully saturated rings. The van der Waals surface area contributed by atoms with Crippen LogP contribution in [0.2, 0.25) is 0 Å². The van der Waals surface area contributed by atoms with Crippen LogP contribution in [-0.2, 0) is 0 Å². The lowest BCUT2D eigenvalue weighted by Gasteiger charge is -2.24. The number of hydrogen-bond acceptors (Lipinski definition) is 6. The van der Waals surface area contributed by atoms with Crippen LogP contribution in [0.25, 0.3) is 0 Å². The normalized spacial score (nSPS) is 19.4. The first kappa shape index (κ1) is 10.7. The maximum absolute atomic E-state index is 4.52. The Labute approximate surface area is 107 Å². The van der Waals surface area contributed by atoms with Crippen molar-refractivity contribution in [1.82, 2.24) is 9.88 Å². The minimum absolute atomic E-state index is 0.986. The van der Waals surface area contributed by atoms with Gasteiger partial charge in [0.15, 0.2) is 5.17 Å². The van der Waals surface area contributed by atoms with Crippen LogP contribution in [0.15, 0.2) is 32.0 Å². The summed E-state index contributed by atoms with van der Waals surface area (Å²) in [6.07, 6.45) is 3.03. The fourth-order valence-electron chi connectivity index (χ4n) is 1.67. The Morgan fingerprint density at radius 3 is 3.38 bits per heavy atom. The Hall–Kier alpha value is -0.460. The third-order valence-electron chi connectivity index (χ3n) is 2.42. The van der Waals surface area contributed by atoms with Gasteiger partial charge < -0.3 is 4.90 Å². The quantitative estimate of drug-likeness (QED) is 0.789. The summed E-state index contributed by atoms with van der Waals surface area (Å²) in [7, 11) is 0. The van der Waals surface area contributed by atoms with Crippen LogP contribution in [0.5, 0.6) is 0 Å². The molecule has 0 N–H and O–H groups in total. The molecule has 16 heavy (non-hydrogen) atoms. The van der Waals surface area contributed by atoms with Crippen molar-refractivity contribution >= 4 is 40.0 Å². The molecule has 3 rings (SSSR count). The first-order valence-corrected chi connectivity index (χ1v) is 7.88. The molecule has 84 valence electrons. The van der Waals surface area contributed by atoms with Crippen molar-refractivity contribution in [2.45, 2.75) is 10.8 Å². The van der Waals surface area contributed by atoms with Crippen molar-refractivity contribution in [2.75, 3.05) is 18.8 Å². The van der Waals surface area contributed by atoms with E-state index in [0.29, 0.717) is 0 Å². The Morgan fingerprint density at radius 2 is 2.50 bits per heavy atom. The molecule has 0 spiro atoms. The van der Waals surface area contributed by atoms with Crippen LogP contribution in [0.1, 0.15) is 6.42 Å². The highest BCUT2D eigenvalue weighted by Crippen LogP contribution is 2.32. The van der Waals surface area contributed by atoms with E-state index in [1.807, 2.05) is 23.3 Å². The van der Waals surface area contributed by atoms with Gasteiger partial charge in [-0.15, -0.1) is 11.3 Å². The molecule has 0 bridgehead atoms. The number of nitrogens with zero attached hydrogens (tertiary/aromatic N) is 3. The fraction of sp³-hybridized carbons (Fsp3) is 0.400. The predicted molar refractivity (Wildman–Crippen MR) is 72.1 cm³/mol. The van der Waals surface area contributed by atoms with E-state index in [-0.39, 0.29) is 0 Å². The number of fused-ring (bicyclic) bond motifs is 1. The van der Waals surface area contributed by atoms with Gasteiger partial charge in [0.05, 0.1) is 0 Å². The molecular weight excluding hydrogens is 258 g/mol. The third kappa shape index (κ3) is 2.14. The molecule has 1 aromatic heterocycles. The van der Waals surface area contributed by atoms with Crippen molar-refractivity contribution in [1.29, 1.82) is 0 Å². The molecule has 3 nitrogen and oxygen atoms in total. The van der Waals surface area contributed by atoms with Crippen molar-refractivity contribution < 1.29 is 0 Å². The largest absolute Gasteiger partial charge is 0.323 e. The number of hydrogen-bond donors (Lipinski definition) is 0. The predicted octanol–water partition coefficient (Wildman–Crippen LogP) is 2.89. The fourth-order valence-corrected chi connectivity index (χ4v) is 4.35. The minimum atomic E-state index is 0.986. The number of aromatic nitrogens is 1. The van der Waals surface area contributed by atoms with Gasteiger partial charge in [0.1, 0.15) is 4.34 Å². The number of aliphatic imine (C=N–C) groups is 1. The first-order chi connectivity index (χ1) is 7.93. The Bertz CT molecular complexity index is 425. The molecule has 0 aromatic carbocycles. The molecule has 0 radical (unpaired) electrons. The van der Waals surface area contributed by atoms with Gasteiger partial charge in [0, 0.05) is 36.1 Å². The molecule has 0 unspecified atom stereocenters. The SMILES string of the molecule is C1=C(CSc2nccs2)N2CCCN=C2S1. The van der Waals surface area contributed by atoms with Gasteiger partial charge in [0.25, 0.3) is 0 Å². The highest BCUT2D eigenvalue weighted by Gasteiger charge is 2.24. The standard InChI is InChI=1S/C10H11N3S3/c1-2-11-9-13(4-1)8(6-15-9)7-16-10-12-3-5-14-10/h3,5-6H,1-2,4,7H2. The van der Waals surface area contributed by atoms with E-state index < -0.39 is 0 Å². The smallest absolute Gasteiger partial charge is 0.167 e. The summed E-state index contributed by atoms with van der Waals surface area (Å²) in [5.74, 6) is 1.000. The highest BCUT2D eigenvalue weighted by atomic mass is 32.2. The number of thiazole rings is 1. The molecule has 1 aromatic rings. The summed E-state index contributed by atoms with van der Waals surface area (Å²) < 4.78 is 1.15. The molecule has 2 aliphatic rings. The van der Waals surface area contributed by atoms with E-state index in [4.69, 9.17) is 0 Å². The zero-order valence-electron chi connectivity index (χ0n) is 8.63. The maximum atomic E-state index is 4.52. The first-order valence-electron chi connectivity index (χ1n) is 5.13. The number of rotatable bonds is 3. The molecule has 2 aliphatic heterocycles. The van der Waals surface area contributed by atoms with E-state index >= 15 is 0 Å². The lowest BCUT2D eigenvalue weighted by Crippen LogP contribution is -2.30. The van der Waals surface area contributed by atoms with E-state index in [9.17, 15) is 0 Å². The molecule has 0 aliphatic carbocycles. The Morgan fingerprint density at radius 1 is 1.50 bits per heavy atom. The van der Waals surface area contributed by atoms with Crippen LogP contribution in [-0.4, -0.2) is 33.9 Å². The lowest BCUT2D eigenvalue weighted by molar-refractivity contribution is 0.491. The maximum Gasteiger partial charge on any atom is 0.167 e. The lowest BCUT2D eigenvalue weighted by atomic mass is 10.3. The van der Waals surface area contributed by atoms with Crippen LogP contribution in [0, 0.1) is 0 Å². The second kappa shape index (κ2) is 4.81. The van der Waals surface area contributed by atoms with Crippen molar-refractivity contribution in [3.05, 3.63) is 22.7 Å². The van der Waals surface area contributed by atoms with Gasteiger partial charge >= 0.3 is 0 Å². The molecule has 0 atom stereocenters. The topological polar surface area (TPSA) is 28.5 Å². The summed E-state index contributed by atoms with van der Waals surface area (Å²) >= 11 is 5.27. The summed E-state index contributed by atoms with van der Waals surface area (Å²) in [6.45, 7) is 2.11. The van der Waals surface area contributed by atoms with Crippen molar-refractivity contribution in [2.24, 2.45) is 4.99 Å². The van der Waals surface area contributed by atoms with Crippen LogP contribution in [0.4, 0.5) is 0 Å². The average molecular weight is 269 g/mol. The Kier molecular flexibility index (Phi) is 3.21. The zero-order chi connectivity index (χ0) is 10.8. The van der Waals surface area contributed by atoms with E-state index in [1.54, 1.807) is 23.1 Å². The second-order valence-electron chi connectivity index (χ2n) is 3.48. The minimum Gasteiger partial charge on any atom is -0.323 e. The van der Waals surface area contributed by atoms with Crippen molar-refractivity contribution in [3.63, 3.8) is 0 Å². The van der Waals surface area contributed by atoms with Gasteiger partial charge in [-0.2, -0.15) is 0 Å².